The third-order valence-electron chi connectivity index (χ3n) is 2.52. The van der Waals surface area contributed by atoms with Gasteiger partial charge < -0.3 is 4.74 Å². The van der Waals surface area contributed by atoms with E-state index in [0.29, 0.717) is 6.61 Å². The molecule has 0 atom stereocenters. The number of esters is 1. The molecule has 0 N–H and O–H groups in total. The zero-order chi connectivity index (χ0) is 12.2. The number of carbonyl (C=O) groups is 2. The van der Waals surface area contributed by atoms with E-state index < -0.39 is 11.8 Å². The van der Waals surface area contributed by atoms with E-state index in [1.54, 1.807) is 0 Å². The molecule has 0 aromatic carbocycles. The van der Waals surface area contributed by atoms with Crippen molar-refractivity contribution in [3.05, 3.63) is 0 Å². The van der Waals surface area contributed by atoms with Crippen molar-refractivity contribution in [3.63, 3.8) is 0 Å². The molecule has 0 rings (SSSR count). The maximum absolute atomic E-state index is 10.8. The summed E-state index contributed by atoms with van der Waals surface area (Å²) in [6.45, 7) is 3.83. The second-order valence-electron chi connectivity index (χ2n) is 4.17. The fourth-order valence-electron chi connectivity index (χ4n) is 1.50. The van der Waals surface area contributed by atoms with E-state index >= 15 is 0 Å². The number of ether oxygens (including phenoxy) is 1. The Balaban J connectivity index is 3.10. The molecule has 94 valence electrons. The minimum Gasteiger partial charge on any atom is -0.460 e. The summed E-state index contributed by atoms with van der Waals surface area (Å²) in [5, 5.41) is 0. The number of hydrogen-bond acceptors (Lipinski definition) is 3. The van der Waals surface area contributed by atoms with Crippen molar-refractivity contribution in [2.24, 2.45) is 0 Å². The Kier molecular flexibility index (Phi) is 10.1. The maximum Gasteiger partial charge on any atom is 0.374 e. The van der Waals surface area contributed by atoms with Gasteiger partial charge in [-0.1, -0.05) is 51.9 Å². The molecule has 0 fully saturated rings. The third-order valence-corrected chi connectivity index (χ3v) is 2.52. The Morgan fingerprint density at radius 1 is 0.875 bits per heavy atom. The van der Waals surface area contributed by atoms with E-state index in [0.717, 1.165) is 12.8 Å². The topological polar surface area (TPSA) is 43.4 Å². The summed E-state index contributed by atoms with van der Waals surface area (Å²) in [7, 11) is 0. The third kappa shape index (κ3) is 9.69. The van der Waals surface area contributed by atoms with Crippen LogP contribution in [0.2, 0.25) is 0 Å². The normalized spacial score (nSPS) is 10.1. The number of Topliss-reactive ketones (excluding diaryl/α,β-unsaturated/α-hetero) is 1. The lowest BCUT2D eigenvalue weighted by molar-refractivity contribution is -0.153. The Bertz CT molecular complexity index is 199. The van der Waals surface area contributed by atoms with Gasteiger partial charge in [-0.2, -0.15) is 0 Å². The number of ketones is 1. The highest BCUT2D eigenvalue weighted by molar-refractivity contribution is 6.32. The molecule has 3 heteroatoms. The molecule has 0 saturated heterocycles. The summed E-state index contributed by atoms with van der Waals surface area (Å²) in [6.07, 6.45) is 9.65. The standard InChI is InChI=1S/C13H24O3/c1-3-4-5-6-7-8-9-10-11-16-13(15)12(2)14/h3-11H2,1-2H3. The van der Waals surface area contributed by atoms with Gasteiger partial charge in [0.25, 0.3) is 0 Å². The lowest BCUT2D eigenvalue weighted by Gasteiger charge is -2.02. The highest BCUT2D eigenvalue weighted by Gasteiger charge is 2.07. The van der Waals surface area contributed by atoms with Crippen LogP contribution in [0.5, 0.6) is 0 Å². The number of rotatable bonds is 10. The van der Waals surface area contributed by atoms with E-state index in [2.05, 4.69) is 6.92 Å². The smallest absolute Gasteiger partial charge is 0.374 e. The van der Waals surface area contributed by atoms with Gasteiger partial charge in [0.05, 0.1) is 6.61 Å². The van der Waals surface area contributed by atoms with Gasteiger partial charge in [-0.25, -0.2) is 4.79 Å². The highest BCUT2D eigenvalue weighted by atomic mass is 16.5. The van der Waals surface area contributed by atoms with Crippen molar-refractivity contribution in [1.82, 2.24) is 0 Å². The van der Waals surface area contributed by atoms with E-state index in [4.69, 9.17) is 4.74 Å². The summed E-state index contributed by atoms with van der Waals surface area (Å²) >= 11 is 0. The van der Waals surface area contributed by atoms with Crippen LogP contribution in [0.15, 0.2) is 0 Å². The monoisotopic (exact) mass is 228 g/mol. The molecule has 0 aromatic heterocycles. The molecule has 0 amide bonds. The molecule has 0 bridgehead atoms. The average Bonchev–Trinajstić information content (AvgIpc) is 2.26. The second kappa shape index (κ2) is 10.7. The summed E-state index contributed by atoms with van der Waals surface area (Å²) in [5.41, 5.74) is 0. The second-order valence-corrected chi connectivity index (χ2v) is 4.17. The average molecular weight is 228 g/mol. The Hall–Kier alpha value is -0.860. The van der Waals surface area contributed by atoms with Crippen molar-refractivity contribution >= 4 is 11.8 Å². The van der Waals surface area contributed by atoms with Crippen LogP contribution in [0.1, 0.15) is 65.2 Å². The van der Waals surface area contributed by atoms with Gasteiger partial charge in [0.1, 0.15) is 0 Å². The van der Waals surface area contributed by atoms with Crippen LogP contribution in [0.4, 0.5) is 0 Å². The van der Waals surface area contributed by atoms with E-state index in [9.17, 15) is 9.59 Å². The number of unbranched alkanes of at least 4 members (excludes halogenated alkanes) is 7. The van der Waals surface area contributed by atoms with Crippen LogP contribution < -0.4 is 0 Å². The van der Waals surface area contributed by atoms with Gasteiger partial charge in [-0.3, -0.25) is 4.79 Å². The van der Waals surface area contributed by atoms with Crippen molar-refractivity contribution in [3.8, 4) is 0 Å². The quantitative estimate of drug-likeness (QED) is 0.327. The number of hydrogen-bond donors (Lipinski definition) is 0. The first-order chi connectivity index (χ1) is 7.68. The van der Waals surface area contributed by atoms with Gasteiger partial charge in [0, 0.05) is 6.92 Å². The van der Waals surface area contributed by atoms with Crippen molar-refractivity contribution < 1.29 is 14.3 Å². The zero-order valence-electron chi connectivity index (χ0n) is 10.6. The zero-order valence-corrected chi connectivity index (χ0v) is 10.6. The van der Waals surface area contributed by atoms with Gasteiger partial charge in [-0.15, -0.1) is 0 Å². The molecular formula is C13H24O3. The molecule has 0 unspecified atom stereocenters. The fraction of sp³-hybridized carbons (Fsp3) is 0.846. The minimum absolute atomic E-state index is 0.382. The van der Waals surface area contributed by atoms with Crippen LogP contribution in [0.25, 0.3) is 0 Å². The predicted molar refractivity (Wildman–Crippen MR) is 64.3 cm³/mol. The lowest BCUT2D eigenvalue weighted by Crippen LogP contribution is -2.14. The molecule has 0 saturated carbocycles. The molecule has 0 aliphatic heterocycles. The molecule has 0 aliphatic rings. The summed E-state index contributed by atoms with van der Waals surface area (Å²) in [4.78, 5) is 21.3. The molecule has 3 nitrogen and oxygen atoms in total. The lowest BCUT2D eigenvalue weighted by atomic mass is 10.1. The van der Waals surface area contributed by atoms with Crippen LogP contribution in [0.3, 0.4) is 0 Å². The molecule has 16 heavy (non-hydrogen) atoms. The predicted octanol–water partition coefficient (Wildman–Crippen LogP) is 3.26. The molecule has 0 aliphatic carbocycles. The molecule has 0 aromatic rings. The minimum atomic E-state index is -0.706. The van der Waals surface area contributed by atoms with Gasteiger partial charge in [0.15, 0.2) is 0 Å². The highest BCUT2D eigenvalue weighted by Crippen LogP contribution is 2.08. The van der Waals surface area contributed by atoms with Gasteiger partial charge >= 0.3 is 5.97 Å². The number of carbonyl (C=O) groups excluding carboxylic acids is 2. The van der Waals surface area contributed by atoms with Crippen molar-refractivity contribution in [1.29, 1.82) is 0 Å². The molecule has 0 heterocycles. The van der Waals surface area contributed by atoms with Crippen LogP contribution in [-0.4, -0.2) is 18.4 Å². The molecule has 0 spiro atoms. The first-order valence-corrected chi connectivity index (χ1v) is 6.36. The van der Waals surface area contributed by atoms with Crippen molar-refractivity contribution in [2.45, 2.75) is 65.2 Å². The molecule has 0 radical (unpaired) electrons. The first kappa shape index (κ1) is 15.1. The molecular weight excluding hydrogens is 204 g/mol. The largest absolute Gasteiger partial charge is 0.460 e. The SMILES string of the molecule is CCCCCCCCCCOC(=O)C(C)=O. The van der Waals surface area contributed by atoms with Gasteiger partial charge in [0.2, 0.25) is 5.78 Å². The maximum atomic E-state index is 10.8. The first-order valence-electron chi connectivity index (χ1n) is 6.36. The Labute approximate surface area is 98.6 Å². The van der Waals surface area contributed by atoms with Gasteiger partial charge in [-0.05, 0) is 6.42 Å². The van der Waals surface area contributed by atoms with E-state index in [-0.39, 0.29) is 0 Å². The summed E-state index contributed by atoms with van der Waals surface area (Å²) in [6, 6.07) is 0. The van der Waals surface area contributed by atoms with E-state index in [1.165, 1.54) is 45.4 Å². The van der Waals surface area contributed by atoms with E-state index in [1.807, 2.05) is 0 Å². The Morgan fingerprint density at radius 3 is 1.88 bits per heavy atom. The summed E-state index contributed by atoms with van der Waals surface area (Å²) < 4.78 is 4.76. The van der Waals surface area contributed by atoms with Crippen LogP contribution in [0, 0.1) is 0 Å². The fourth-order valence-corrected chi connectivity index (χ4v) is 1.50. The Morgan fingerprint density at radius 2 is 1.38 bits per heavy atom. The summed E-state index contributed by atoms with van der Waals surface area (Å²) in [5.74, 6) is -1.22. The van der Waals surface area contributed by atoms with Crippen LogP contribution in [-0.2, 0) is 14.3 Å². The van der Waals surface area contributed by atoms with Crippen LogP contribution >= 0.6 is 0 Å². The van der Waals surface area contributed by atoms with Crippen molar-refractivity contribution in [2.75, 3.05) is 6.61 Å².